The Labute approximate surface area is 184 Å². The van der Waals surface area contributed by atoms with Crippen molar-refractivity contribution in [1.29, 1.82) is 0 Å². The van der Waals surface area contributed by atoms with Crippen LogP contribution in [-0.2, 0) is 16.1 Å². The average Bonchev–Trinajstić information content (AvgIpc) is 2.98. The Morgan fingerprint density at radius 3 is 2.63 bits per heavy atom. The molecule has 1 aliphatic heterocycles. The second kappa shape index (κ2) is 9.77. The number of thiocarbonyl (C=S) groups is 1. The molecule has 1 N–H and O–H groups in total. The first-order valence-electron chi connectivity index (χ1n) is 9.34. The summed E-state index contributed by atoms with van der Waals surface area (Å²) < 4.78 is 11.6. The molecule has 1 amide bonds. The predicted octanol–water partition coefficient (Wildman–Crippen LogP) is 4.34. The lowest BCUT2D eigenvalue weighted by atomic mass is 10.1. The summed E-state index contributed by atoms with van der Waals surface area (Å²) in [5, 5.41) is 9.06. The van der Waals surface area contributed by atoms with Gasteiger partial charge in [0.25, 0.3) is 5.91 Å². The lowest BCUT2D eigenvalue weighted by molar-refractivity contribution is -0.144. The molecule has 1 fully saturated rings. The van der Waals surface area contributed by atoms with Crippen LogP contribution in [0.1, 0.15) is 25.0 Å². The van der Waals surface area contributed by atoms with Gasteiger partial charge in [0.05, 0.1) is 18.1 Å². The number of nitrogens with zero attached hydrogens (tertiary/aromatic N) is 1. The minimum Gasteiger partial charge on any atom is -0.490 e. The van der Waals surface area contributed by atoms with Crippen molar-refractivity contribution in [1.82, 2.24) is 4.90 Å². The van der Waals surface area contributed by atoms with E-state index in [0.717, 1.165) is 11.1 Å². The number of ether oxygens (including phenoxy) is 2. The molecule has 1 atom stereocenters. The molecule has 1 unspecified atom stereocenters. The van der Waals surface area contributed by atoms with E-state index in [1.807, 2.05) is 37.3 Å². The molecule has 8 heteroatoms. The Morgan fingerprint density at radius 2 is 1.97 bits per heavy atom. The van der Waals surface area contributed by atoms with Crippen LogP contribution < -0.4 is 9.47 Å². The summed E-state index contributed by atoms with van der Waals surface area (Å²) in [5.41, 5.74) is 1.73. The number of hydrogen-bond acceptors (Lipinski definition) is 6. The fraction of sp³-hybridized carbons (Fsp3) is 0.227. The number of amides is 1. The van der Waals surface area contributed by atoms with Crippen LogP contribution in [0.4, 0.5) is 0 Å². The van der Waals surface area contributed by atoms with E-state index in [1.54, 1.807) is 29.2 Å². The number of carbonyl (C=O) groups excluding carboxylic acids is 1. The van der Waals surface area contributed by atoms with E-state index in [4.69, 9.17) is 26.8 Å². The van der Waals surface area contributed by atoms with Crippen molar-refractivity contribution >= 4 is 46.3 Å². The highest BCUT2D eigenvalue weighted by Gasteiger charge is 2.32. The summed E-state index contributed by atoms with van der Waals surface area (Å²) in [6.45, 7) is 4.09. The van der Waals surface area contributed by atoms with Gasteiger partial charge in [-0.05, 0) is 43.2 Å². The van der Waals surface area contributed by atoms with Gasteiger partial charge in [0.2, 0.25) is 0 Å². The van der Waals surface area contributed by atoms with E-state index in [-0.39, 0.29) is 5.91 Å². The number of carboxylic acid groups (broad SMARTS) is 1. The summed E-state index contributed by atoms with van der Waals surface area (Å²) in [6.07, 6.45) is 0.737. The van der Waals surface area contributed by atoms with Crippen molar-refractivity contribution in [3.8, 4) is 11.5 Å². The summed E-state index contributed by atoms with van der Waals surface area (Å²) in [5.74, 6) is -0.463. The maximum atomic E-state index is 12.9. The smallest absolute Gasteiger partial charge is 0.344 e. The van der Waals surface area contributed by atoms with Gasteiger partial charge in [-0.2, -0.15) is 0 Å². The van der Waals surface area contributed by atoms with Crippen LogP contribution in [0.5, 0.6) is 11.5 Å². The first-order valence-corrected chi connectivity index (χ1v) is 10.6. The number of carbonyl (C=O) groups is 2. The van der Waals surface area contributed by atoms with Crippen LogP contribution in [0, 0.1) is 0 Å². The van der Waals surface area contributed by atoms with Gasteiger partial charge >= 0.3 is 5.97 Å². The number of thioether (sulfide) groups is 1. The van der Waals surface area contributed by atoms with Crippen molar-refractivity contribution in [3.63, 3.8) is 0 Å². The van der Waals surface area contributed by atoms with Gasteiger partial charge in [0, 0.05) is 0 Å². The molecule has 1 saturated heterocycles. The zero-order valence-electron chi connectivity index (χ0n) is 16.5. The predicted molar refractivity (Wildman–Crippen MR) is 120 cm³/mol. The van der Waals surface area contributed by atoms with Gasteiger partial charge in [-0.15, -0.1) is 0 Å². The molecule has 2 aromatic carbocycles. The van der Waals surface area contributed by atoms with Crippen LogP contribution in [-0.4, -0.2) is 38.9 Å². The molecule has 156 valence electrons. The standard InChI is InChI=1S/C22H21NO5S2/c1-3-27-18-11-16(9-10-17(18)28-14(2)21(25)26)12-19-20(24)23(22(29)30-19)13-15-7-5-4-6-8-15/h4-12,14H,3,13H2,1-2H3,(H,25,26)/b19-12+. The minimum absolute atomic E-state index is 0.147. The molecular weight excluding hydrogens is 422 g/mol. The molecular formula is C22H21NO5S2. The number of hydrogen-bond donors (Lipinski definition) is 1. The Kier molecular flexibility index (Phi) is 7.12. The van der Waals surface area contributed by atoms with Gasteiger partial charge in [0.1, 0.15) is 4.32 Å². The molecule has 0 radical (unpaired) electrons. The van der Waals surface area contributed by atoms with Gasteiger partial charge < -0.3 is 14.6 Å². The maximum absolute atomic E-state index is 12.9. The lowest BCUT2D eigenvalue weighted by Gasteiger charge is -2.15. The van der Waals surface area contributed by atoms with E-state index in [2.05, 4.69) is 0 Å². The highest BCUT2D eigenvalue weighted by atomic mass is 32.2. The van der Waals surface area contributed by atoms with Gasteiger partial charge in [-0.3, -0.25) is 9.69 Å². The number of benzene rings is 2. The average molecular weight is 444 g/mol. The fourth-order valence-corrected chi connectivity index (χ4v) is 4.03. The SMILES string of the molecule is CCOc1cc(/C=C2/SC(=S)N(Cc3ccccc3)C2=O)ccc1OC(C)C(=O)O. The summed E-state index contributed by atoms with van der Waals surface area (Å²) in [4.78, 5) is 26.0. The fourth-order valence-electron chi connectivity index (χ4n) is 2.77. The molecule has 30 heavy (non-hydrogen) atoms. The molecule has 0 bridgehead atoms. The number of aliphatic carboxylic acids is 1. The monoisotopic (exact) mass is 443 g/mol. The van der Waals surface area contributed by atoms with Crippen LogP contribution >= 0.6 is 24.0 Å². The van der Waals surface area contributed by atoms with Crippen LogP contribution in [0.3, 0.4) is 0 Å². The zero-order chi connectivity index (χ0) is 21.7. The van der Waals surface area contributed by atoms with E-state index < -0.39 is 12.1 Å². The Balaban J connectivity index is 1.81. The quantitative estimate of drug-likeness (QED) is 0.480. The van der Waals surface area contributed by atoms with Crippen molar-refractivity contribution < 1.29 is 24.2 Å². The molecule has 2 aromatic rings. The Bertz CT molecular complexity index is 990. The highest BCUT2D eigenvalue weighted by Crippen LogP contribution is 2.35. The minimum atomic E-state index is -1.07. The largest absolute Gasteiger partial charge is 0.490 e. The molecule has 6 nitrogen and oxygen atoms in total. The summed E-state index contributed by atoms with van der Waals surface area (Å²) >= 11 is 6.65. The van der Waals surface area contributed by atoms with Gasteiger partial charge in [0.15, 0.2) is 17.6 Å². The molecule has 0 aliphatic carbocycles. The van der Waals surface area contributed by atoms with E-state index in [9.17, 15) is 9.59 Å². The summed E-state index contributed by atoms with van der Waals surface area (Å²) in [6, 6.07) is 14.8. The lowest BCUT2D eigenvalue weighted by Crippen LogP contribution is -2.27. The van der Waals surface area contributed by atoms with Crippen molar-refractivity contribution in [3.05, 3.63) is 64.6 Å². The maximum Gasteiger partial charge on any atom is 0.344 e. The third-order valence-corrected chi connectivity index (χ3v) is 5.65. The van der Waals surface area contributed by atoms with E-state index >= 15 is 0 Å². The highest BCUT2D eigenvalue weighted by molar-refractivity contribution is 8.26. The molecule has 0 saturated carbocycles. The second-order valence-corrected chi connectivity index (χ2v) is 8.17. The number of carboxylic acids is 1. The normalized spacial score (nSPS) is 16.1. The van der Waals surface area contributed by atoms with Gasteiger partial charge in [-0.1, -0.05) is 60.4 Å². The van der Waals surface area contributed by atoms with Crippen molar-refractivity contribution in [2.24, 2.45) is 0 Å². The van der Waals surface area contributed by atoms with Gasteiger partial charge in [-0.25, -0.2) is 4.79 Å². The van der Waals surface area contributed by atoms with E-state index in [1.165, 1.54) is 18.7 Å². The second-order valence-electron chi connectivity index (χ2n) is 6.49. The Morgan fingerprint density at radius 1 is 1.23 bits per heavy atom. The van der Waals surface area contributed by atoms with Crippen LogP contribution in [0.15, 0.2) is 53.4 Å². The third-order valence-electron chi connectivity index (χ3n) is 4.27. The van der Waals surface area contributed by atoms with Crippen molar-refractivity contribution in [2.75, 3.05) is 6.61 Å². The first-order chi connectivity index (χ1) is 14.4. The Hall–Kier alpha value is -2.84. The summed E-state index contributed by atoms with van der Waals surface area (Å²) in [7, 11) is 0. The van der Waals surface area contributed by atoms with Crippen molar-refractivity contribution in [2.45, 2.75) is 26.5 Å². The molecule has 0 spiro atoms. The molecule has 1 heterocycles. The molecule has 3 rings (SSSR count). The van der Waals surface area contributed by atoms with Crippen LogP contribution in [0.25, 0.3) is 6.08 Å². The van der Waals surface area contributed by atoms with Crippen LogP contribution in [0.2, 0.25) is 0 Å². The van der Waals surface area contributed by atoms with E-state index in [0.29, 0.717) is 33.9 Å². The zero-order valence-corrected chi connectivity index (χ0v) is 18.2. The topological polar surface area (TPSA) is 76.1 Å². The first kappa shape index (κ1) is 21.9. The molecule has 0 aromatic heterocycles. The number of rotatable bonds is 8. The molecule has 1 aliphatic rings. The third kappa shape index (κ3) is 5.20.